The van der Waals surface area contributed by atoms with Crippen LogP contribution in [0.5, 0.6) is 0 Å². The van der Waals surface area contributed by atoms with Crippen molar-refractivity contribution in [3.05, 3.63) is 58.3 Å². The molecule has 2 rings (SSSR count). The minimum absolute atomic E-state index is 0.161. The molecule has 1 heterocycles. The maximum absolute atomic E-state index is 12.2. The third kappa shape index (κ3) is 4.30. The number of halogens is 1. The van der Waals surface area contributed by atoms with E-state index in [1.165, 1.54) is 4.88 Å². The van der Waals surface area contributed by atoms with Crippen LogP contribution >= 0.6 is 22.9 Å². The van der Waals surface area contributed by atoms with E-state index < -0.39 is 5.38 Å². The van der Waals surface area contributed by atoms with E-state index in [4.69, 9.17) is 11.6 Å². The minimum Gasteiger partial charge on any atom is -0.353 e. The van der Waals surface area contributed by atoms with Crippen molar-refractivity contribution >= 4 is 28.8 Å². The first kappa shape index (κ1) is 16.0. The predicted octanol–water partition coefficient (Wildman–Crippen LogP) is 3.45. The maximum atomic E-state index is 12.2. The molecule has 112 valence electrons. The Kier molecular flexibility index (Phi) is 5.79. The second-order valence-electron chi connectivity index (χ2n) is 5.01. The highest BCUT2D eigenvalue weighted by Gasteiger charge is 2.20. The highest BCUT2D eigenvalue weighted by Crippen LogP contribution is 2.24. The molecule has 0 bridgehead atoms. The van der Waals surface area contributed by atoms with Gasteiger partial charge in [0.05, 0.1) is 6.04 Å². The van der Waals surface area contributed by atoms with Crippen molar-refractivity contribution in [3.63, 3.8) is 0 Å². The van der Waals surface area contributed by atoms with Gasteiger partial charge in [0.2, 0.25) is 5.91 Å². The fourth-order valence-corrected chi connectivity index (χ4v) is 3.22. The maximum Gasteiger partial charge on any atom is 0.242 e. The molecule has 0 saturated carbocycles. The van der Waals surface area contributed by atoms with E-state index in [0.717, 1.165) is 5.56 Å². The van der Waals surface area contributed by atoms with Gasteiger partial charge in [-0.05, 0) is 31.1 Å². The van der Waals surface area contributed by atoms with Crippen LogP contribution in [0.1, 0.15) is 21.9 Å². The molecule has 1 N–H and O–H groups in total. The molecule has 2 atom stereocenters. The van der Waals surface area contributed by atoms with Crippen molar-refractivity contribution in [2.75, 3.05) is 20.6 Å². The molecule has 21 heavy (non-hydrogen) atoms. The summed E-state index contributed by atoms with van der Waals surface area (Å²) in [6.07, 6.45) is 0. The van der Waals surface area contributed by atoms with E-state index in [-0.39, 0.29) is 11.9 Å². The van der Waals surface area contributed by atoms with Gasteiger partial charge in [0.25, 0.3) is 0 Å². The van der Waals surface area contributed by atoms with E-state index in [1.807, 2.05) is 55.9 Å². The molecule has 2 unspecified atom stereocenters. The van der Waals surface area contributed by atoms with Crippen molar-refractivity contribution in [3.8, 4) is 0 Å². The van der Waals surface area contributed by atoms with Gasteiger partial charge in [0.1, 0.15) is 5.38 Å². The smallest absolute Gasteiger partial charge is 0.242 e. The SMILES string of the molecule is CN(C)C(CNC(=O)C(Cl)c1ccccc1)c1cccs1. The molecule has 0 aliphatic carbocycles. The Balaban J connectivity index is 1.96. The van der Waals surface area contributed by atoms with Gasteiger partial charge in [-0.1, -0.05) is 36.4 Å². The zero-order valence-electron chi connectivity index (χ0n) is 12.1. The summed E-state index contributed by atoms with van der Waals surface area (Å²) >= 11 is 7.91. The summed E-state index contributed by atoms with van der Waals surface area (Å²) < 4.78 is 0. The van der Waals surface area contributed by atoms with Crippen molar-refractivity contribution in [1.82, 2.24) is 10.2 Å². The van der Waals surface area contributed by atoms with E-state index in [0.29, 0.717) is 6.54 Å². The number of benzene rings is 1. The van der Waals surface area contributed by atoms with Crippen molar-refractivity contribution in [2.24, 2.45) is 0 Å². The number of thiophene rings is 1. The Hall–Kier alpha value is -1.36. The van der Waals surface area contributed by atoms with Gasteiger partial charge < -0.3 is 10.2 Å². The first-order chi connectivity index (χ1) is 10.1. The second kappa shape index (κ2) is 7.59. The Morgan fingerprint density at radius 1 is 1.24 bits per heavy atom. The van der Waals surface area contributed by atoms with Crippen LogP contribution in [0.15, 0.2) is 47.8 Å². The first-order valence-electron chi connectivity index (χ1n) is 6.76. The lowest BCUT2D eigenvalue weighted by molar-refractivity contribution is -0.121. The summed E-state index contributed by atoms with van der Waals surface area (Å²) in [5.41, 5.74) is 0.814. The number of hydrogen-bond donors (Lipinski definition) is 1. The van der Waals surface area contributed by atoms with Crippen LogP contribution in [0.25, 0.3) is 0 Å². The molecule has 1 amide bonds. The van der Waals surface area contributed by atoms with Gasteiger partial charge in [-0.2, -0.15) is 0 Å². The van der Waals surface area contributed by atoms with Crippen molar-refractivity contribution in [2.45, 2.75) is 11.4 Å². The standard InChI is InChI=1S/C16H19ClN2OS/c1-19(2)13(14-9-6-10-21-14)11-18-16(20)15(17)12-7-4-3-5-8-12/h3-10,13,15H,11H2,1-2H3,(H,18,20). The van der Waals surface area contributed by atoms with Gasteiger partial charge >= 0.3 is 0 Å². The van der Waals surface area contributed by atoms with Gasteiger partial charge in [0, 0.05) is 11.4 Å². The number of rotatable bonds is 6. The number of amides is 1. The highest BCUT2D eigenvalue weighted by molar-refractivity contribution is 7.10. The Bertz CT molecular complexity index is 557. The van der Waals surface area contributed by atoms with Gasteiger partial charge in [-0.25, -0.2) is 0 Å². The molecule has 1 aromatic carbocycles. The summed E-state index contributed by atoms with van der Waals surface area (Å²) in [5.74, 6) is -0.161. The van der Waals surface area contributed by atoms with Crippen LogP contribution in [0, 0.1) is 0 Å². The number of nitrogens with zero attached hydrogens (tertiary/aromatic N) is 1. The summed E-state index contributed by atoms with van der Waals surface area (Å²) in [6, 6.07) is 13.7. The lowest BCUT2D eigenvalue weighted by Crippen LogP contribution is -2.35. The molecule has 0 aliphatic heterocycles. The van der Waals surface area contributed by atoms with E-state index in [9.17, 15) is 4.79 Å². The van der Waals surface area contributed by atoms with Gasteiger partial charge in [-0.3, -0.25) is 4.79 Å². The van der Waals surface area contributed by atoms with Crippen molar-refractivity contribution < 1.29 is 4.79 Å². The normalized spacial score (nSPS) is 13.9. The molecular formula is C16H19ClN2OS. The quantitative estimate of drug-likeness (QED) is 0.826. The molecule has 2 aromatic rings. The number of nitrogens with one attached hydrogen (secondary N) is 1. The fourth-order valence-electron chi connectivity index (χ4n) is 2.08. The zero-order chi connectivity index (χ0) is 15.2. The van der Waals surface area contributed by atoms with Crippen LogP contribution in [-0.2, 0) is 4.79 Å². The molecule has 0 fully saturated rings. The lowest BCUT2D eigenvalue weighted by atomic mass is 10.1. The molecule has 1 aromatic heterocycles. The third-order valence-corrected chi connectivity index (χ3v) is 4.71. The minimum atomic E-state index is -0.655. The monoisotopic (exact) mass is 322 g/mol. The summed E-state index contributed by atoms with van der Waals surface area (Å²) in [5, 5.41) is 4.33. The highest BCUT2D eigenvalue weighted by atomic mass is 35.5. The van der Waals surface area contributed by atoms with Crippen LogP contribution in [-0.4, -0.2) is 31.4 Å². The number of hydrogen-bond acceptors (Lipinski definition) is 3. The van der Waals surface area contributed by atoms with Gasteiger partial charge in [0.15, 0.2) is 0 Å². The summed E-state index contributed by atoms with van der Waals surface area (Å²) in [4.78, 5) is 15.5. The summed E-state index contributed by atoms with van der Waals surface area (Å²) in [6.45, 7) is 0.544. The number of carbonyl (C=O) groups excluding carboxylic acids is 1. The Morgan fingerprint density at radius 3 is 2.52 bits per heavy atom. The zero-order valence-corrected chi connectivity index (χ0v) is 13.7. The van der Waals surface area contributed by atoms with E-state index in [2.05, 4.69) is 16.3 Å². The molecule has 5 heteroatoms. The average molecular weight is 323 g/mol. The molecule has 0 aliphatic rings. The average Bonchev–Trinajstić information content (AvgIpc) is 3.01. The topological polar surface area (TPSA) is 32.3 Å². The largest absolute Gasteiger partial charge is 0.353 e. The molecule has 0 saturated heterocycles. The van der Waals surface area contributed by atoms with Gasteiger partial charge in [-0.15, -0.1) is 22.9 Å². The first-order valence-corrected chi connectivity index (χ1v) is 8.07. The van der Waals surface area contributed by atoms with Crippen LogP contribution in [0.4, 0.5) is 0 Å². The number of likely N-dealkylation sites (N-methyl/N-ethyl adjacent to an activating group) is 1. The molecule has 0 radical (unpaired) electrons. The second-order valence-corrected chi connectivity index (χ2v) is 6.43. The van der Waals surface area contributed by atoms with E-state index >= 15 is 0 Å². The Labute approximate surface area is 134 Å². The predicted molar refractivity (Wildman–Crippen MR) is 88.8 cm³/mol. The Morgan fingerprint density at radius 2 is 1.95 bits per heavy atom. The van der Waals surface area contributed by atoms with E-state index in [1.54, 1.807) is 11.3 Å². The molecular weight excluding hydrogens is 304 g/mol. The lowest BCUT2D eigenvalue weighted by Gasteiger charge is -2.24. The third-order valence-electron chi connectivity index (χ3n) is 3.29. The van der Waals surface area contributed by atoms with Crippen molar-refractivity contribution in [1.29, 1.82) is 0 Å². The number of carbonyl (C=O) groups is 1. The molecule has 3 nitrogen and oxygen atoms in total. The number of alkyl halides is 1. The molecule has 0 spiro atoms. The fraction of sp³-hybridized carbons (Fsp3) is 0.312. The van der Waals surface area contributed by atoms with Crippen LogP contribution in [0.2, 0.25) is 0 Å². The summed E-state index contributed by atoms with van der Waals surface area (Å²) in [7, 11) is 4.01. The van der Waals surface area contributed by atoms with Crippen LogP contribution < -0.4 is 5.32 Å². The van der Waals surface area contributed by atoms with Crippen LogP contribution in [0.3, 0.4) is 0 Å².